The molecule has 0 saturated heterocycles. The highest BCUT2D eigenvalue weighted by Crippen LogP contribution is 2.29. The normalized spacial score (nSPS) is 12.0. The molecule has 1 unspecified atom stereocenters. The molecule has 3 aromatic rings. The topological polar surface area (TPSA) is 60.5 Å². The third-order valence-corrected chi connectivity index (χ3v) is 4.55. The predicted molar refractivity (Wildman–Crippen MR) is 101 cm³/mol. The Kier molecular flexibility index (Phi) is 5.40. The summed E-state index contributed by atoms with van der Waals surface area (Å²) in [5.41, 5.74) is 0.812. The minimum Gasteiger partial charge on any atom is -0.494 e. The van der Waals surface area contributed by atoms with Crippen molar-refractivity contribution in [3.63, 3.8) is 0 Å². The van der Waals surface area contributed by atoms with Crippen LogP contribution in [0.15, 0.2) is 42.5 Å². The molecule has 0 aliphatic rings. The number of hydrogen-bond donors (Lipinski definition) is 1. The van der Waals surface area contributed by atoms with E-state index in [1.165, 1.54) is 11.3 Å². The summed E-state index contributed by atoms with van der Waals surface area (Å²) in [6.45, 7) is 4.22. The molecule has 0 radical (unpaired) electrons. The number of nitrogens with zero attached hydrogens (tertiary/aromatic N) is 1. The monoisotopic (exact) mass is 376 g/mol. The zero-order valence-corrected chi connectivity index (χ0v) is 15.4. The molecule has 0 spiro atoms. The van der Waals surface area contributed by atoms with E-state index in [9.17, 15) is 4.79 Å². The molecule has 130 valence electrons. The molecule has 0 aliphatic heterocycles. The lowest BCUT2D eigenvalue weighted by Gasteiger charge is -2.13. The van der Waals surface area contributed by atoms with Gasteiger partial charge in [0.1, 0.15) is 11.5 Å². The van der Waals surface area contributed by atoms with Gasteiger partial charge in [0.25, 0.3) is 5.91 Å². The molecule has 1 heterocycles. The van der Waals surface area contributed by atoms with Crippen LogP contribution in [0.1, 0.15) is 13.8 Å². The van der Waals surface area contributed by atoms with E-state index in [1.54, 1.807) is 31.2 Å². The van der Waals surface area contributed by atoms with E-state index in [1.807, 2.05) is 25.1 Å². The van der Waals surface area contributed by atoms with Crippen molar-refractivity contribution in [2.45, 2.75) is 20.0 Å². The zero-order chi connectivity index (χ0) is 17.8. The van der Waals surface area contributed by atoms with Gasteiger partial charge in [0.05, 0.1) is 16.8 Å². The number of carbonyl (C=O) groups excluding carboxylic acids is 1. The minimum atomic E-state index is -0.676. The number of hydrogen-bond acceptors (Lipinski definition) is 5. The van der Waals surface area contributed by atoms with Gasteiger partial charge in [-0.3, -0.25) is 10.1 Å². The number of anilines is 1. The van der Waals surface area contributed by atoms with Crippen LogP contribution in [0, 0.1) is 0 Å². The number of nitrogens with one attached hydrogen (secondary N) is 1. The van der Waals surface area contributed by atoms with Crippen LogP contribution >= 0.6 is 22.9 Å². The number of halogens is 1. The Morgan fingerprint density at radius 2 is 2.12 bits per heavy atom. The van der Waals surface area contributed by atoms with E-state index in [-0.39, 0.29) is 5.91 Å². The Bertz CT molecular complexity index is 897. The van der Waals surface area contributed by atoms with Crippen LogP contribution in [-0.2, 0) is 4.79 Å². The highest BCUT2D eigenvalue weighted by Gasteiger charge is 2.17. The third-order valence-electron chi connectivity index (χ3n) is 3.38. The lowest BCUT2D eigenvalue weighted by molar-refractivity contribution is -0.122. The summed E-state index contributed by atoms with van der Waals surface area (Å²) in [5.74, 6) is 1.05. The average Bonchev–Trinajstić information content (AvgIpc) is 2.96. The maximum absolute atomic E-state index is 12.3. The van der Waals surface area contributed by atoms with Crippen molar-refractivity contribution in [3.8, 4) is 11.5 Å². The van der Waals surface area contributed by atoms with E-state index in [2.05, 4.69) is 10.3 Å². The molecule has 0 saturated carbocycles. The fourth-order valence-corrected chi connectivity index (χ4v) is 3.30. The molecule has 1 N–H and O–H groups in total. The first-order chi connectivity index (χ1) is 12.0. The standard InChI is InChI=1S/C18H17ClN2O3S/c1-3-23-13-7-8-15-16(10-13)25-18(20-15)21-17(22)11(2)24-14-6-4-5-12(19)9-14/h4-11H,3H2,1-2H3,(H,20,21,22). The SMILES string of the molecule is CCOc1ccc2nc(NC(=O)C(C)Oc3cccc(Cl)c3)sc2c1. The van der Waals surface area contributed by atoms with Crippen molar-refractivity contribution in [2.24, 2.45) is 0 Å². The number of amides is 1. The molecule has 25 heavy (non-hydrogen) atoms. The number of carbonyl (C=O) groups is 1. The van der Waals surface area contributed by atoms with E-state index in [0.717, 1.165) is 16.0 Å². The lowest BCUT2D eigenvalue weighted by atomic mass is 10.3. The molecule has 1 aromatic heterocycles. The highest BCUT2D eigenvalue weighted by molar-refractivity contribution is 7.22. The van der Waals surface area contributed by atoms with Crippen molar-refractivity contribution in [2.75, 3.05) is 11.9 Å². The second kappa shape index (κ2) is 7.72. The number of thiazole rings is 1. The van der Waals surface area contributed by atoms with Gasteiger partial charge in [-0.25, -0.2) is 4.98 Å². The smallest absolute Gasteiger partial charge is 0.266 e. The molecule has 1 atom stereocenters. The fraction of sp³-hybridized carbons (Fsp3) is 0.222. The fourth-order valence-electron chi connectivity index (χ4n) is 2.22. The summed E-state index contributed by atoms with van der Waals surface area (Å²) < 4.78 is 12.0. The van der Waals surface area contributed by atoms with Gasteiger partial charge in [-0.15, -0.1) is 0 Å². The Balaban J connectivity index is 1.68. The van der Waals surface area contributed by atoms with Crippen LogP contribution in [0.25, 0.3) is 10.2 Å². The van der Waals surface area contributed by atoms with Crippen LogP contribution in [0.2, 0.25) is 5.02 Å². The first-order valence-corrected chi connectivity index (χ1v) is 9.01. The summed E-state index contributed by atoms with van der Waals surface area (Å²) in [5, 5.41) is 3.87. The summed E-state index contributed by atoms with van der Waals surface area (Å²) in [6, 6.07) is 12.6. The van der Waals surface area contributed by atoms with Gasteiger partial charge in [-0.1, -0.05) is 29.0 Å². The molecule has 0 bridgehead atoms. The predicted octanol–water partition coefficient (Wildman–Crippen LogP) is 4.75. The number of aromatic nitrogens is 1. The molecular weight excluding hydrogens is 360 g/mol. The highest BCUT2D eigenvalue weighted by atomic mass is 35.5. The summed E-state index contributed by atoms with van der Waals surface area (Å²) in [6.07, 6.45) is -0.676. The van der Waals surface area contributed by atoms with Crippen molar-refractivity contribution >= 4 is 44.2 Å². The van der Waals surface area contributed by atoms with E-state index in [0.29, 0.717) is 22.5 Å². The van der Waals surface area contributed by atoms with Crippen LogP contribution in [0.3, 0.4) is 0 Å². The first-order valence-electron chi connectivity index (χ1n) is 7.81. The number of benzene rings is 2. The quantitative estimate of drug-likeness (QED) is 0.674. The van der Waals surface area contributed by atoms with Gasteiger partial charge in [0.2, 0.25) is 0 Å². The van der Waals surface area contributed by atoms with Crippen molar-refractivity contribution in [1.29, 1.82) is 0 Å². The minimum absolute atomic E-state index is 0.274. The lowest BCUT2D eigenvalue weighted by Crippen LogP contribution is -2.30. The number of fused-ring (bicyclic) bond motifs is 1. The first kappa shape index (κ1) is 17.5. The molecule has 5 nitrogen and oxygen atoms in total. The van der Waals surface area contributed by atoms with Crippen molar-refractivity contribution in [1.82, 2.24) is 4.98 Å². The van der Waals surface area contributed by atoms with Gasteiger partial charge in [-0.2, -0.15) is 0 Å². The summed E-state index contributed by atoms with van der Waals surface area (Å²) >= 11 is 7.31. The molecule has 0 fully saturated rings. The van der Waals surface area contributed by atoms with Crippen LogP contribution in [0.5, 0.6) is 11.5 Å². The van der Waals surface area contributed by atoms with E-state index >= 15 is 0 Å². The Labute approximate surface area is 154 Å². The van der Waals surface area contributed by atoms with Crippen LogP contribution < -0.4 is 14.8 Å². The van der Waals surface area contributed by atoms with Gasteiger partial charge in [0, 0.05) is 5.02 Å². The largest absolute Gasteiger partial charge is 0.494 e. The average molecular weight is 377 g/mol. The maximum atomic E-state index is 12.3. The molecule has 3 rings (SSSR count). The molecule has 1 amide bonds. The van der Waals surface area contributed by atoms with E-state index in [4.69, 9.17) is 21.1 Å². The summed E-state index contributed by atoms with van der Waals surface area (Å²) in [7, 11) is 0. The van der Waals surface area contributed by atoms with Crippen LogP contribution in [0.4, 0.5) is 5.13 Å². The molecular formula is C18H17ClN2O3S. The zero-order valence-electron chi connectivity index (χ0n) is 13.8. The molecule has 7 heteroatoms. The van der Waals surface area contributed by atoms with Crippen molar-refractivity contribution in [3.05, 3.63) is 47.5 Å². The number of ether oxygens (including phenoxy) is 2. The van der Waals surface area contributed by atoms with Crippen LogP contribution in [-0.4, -0.2) is 23.6 Å². The second-order valence-corrected chi connectivity index (χ2v) is 6.76. The van der Waals surface area contributed by atoms with Gasteiger partial charge in [0.15, 0.2) is 11.2 Å². The van der Waals surface area contributed by atoms with Gasteiger partial charge < -0.3 is 9.47 Å². The Morgan fingerprint density at radius 1 is 1.28 bits per heavy atom. The van der Waals surface area contributed by atoms with E-state index < -0.39 is 6.10 Å². The van der Waals surface area contributed by atoms with Gasteiger partial charge >= 0.3 is 0 Å². The Hall–Kier alpha value is -2.31. The van der Waals surface area contributed by atoms with Gasteiger partial charge in [-0.05, 0) is 50.2 Å². The maximum Gasteiger partial charge on any atom is 0.266 e. The molecule has 2 aromatic carbocycles. The second-order valence-electron chi connectivity index (χ2n) is 5.29. The van der Waals surface area contributed by atoms with Crippen molar-refractivity contribution < 1.29 is 14.3 Å². The Morgan fingerprint density at radius 3 is 2.88 bits per heavy atom. The summed E-state index contributed by atoms with van der Waals surface area (Å²) in [4.78, 5) is 16.7. The number of rotatable bonds is 6. The molecule has 0 aliphatic carbocycles. The third kappa shape index (κ3) is 4.41.